The van der Waals surface area contributed by atoms with Crippen molar-refractivity contribution in [2.45, 2.75) is 39.3 Å². The Balaban J connectivity index is 1.66. The Morgan fingerprint density at radius 3 is 2.60 bits per heavy atom. The summed E-state index contributed by atoms with van der Waals surface area (Å²) in [6, 6.07) is 6.13. The average Bonchev–Trinajstić information content (AvgIpc) is 3.30. The lowest BCUT2D eigenvalue weighted by Gasteiger charge is -2.26. The summed E-state index contributed by atoms with van der Waals surface area (Å²) in [6.07, 6.45) is 3.26. The zero-order valence-corrected chi connectivity index (χ0v) is 27.4. The second kappa shape index (κ2) is 13.6. The van der Waals surface area contributed by atoms with Gasteiger partial charge < -0.3 is 29.9 Å². The summed E-state index contributed by atoms with van der Waals surface area (Å²) in [7, 11) is 7.35. The van der Waals surface area contributed by atoms with Crippen molar-refractivity contribution in [2.24, 2.45) is 0 Å². The number of nitrogens with one attached hydrogen (secondary N) is 2. The molecule has 0 radical (unpaired) electrons. The van der Waals surface area contributed by atoms with Gasteiger partial charge in [0.05, 0.1) is 41.3 Å². The minimum Gasteiger partial charge on any atom is -0.494 e. The number of rotatable bonds is 12. The van der Waals surface area contributed by atoms with Crippen molar-refractivity contribution in [3.05, 3.63) is 70.5 Å². The van der Waals surface area contributed by atoms with E-state index in [0.717, 1.165) is 6.54 Å². The Morgan fingerprint density at radius 1 is 1.15 bits per heavy atom. The first-order valence-electron chi connectivity index (χ1n) is 15.2. The van der Waals surface area contributed by atoms with Gasteiger partial charge >= 0.3 is 11.7 Å². The Labute approximate surface area is 271 Å². The molecule has 0 unspecified atom stereocenters. The van der Waals surface area contributed by atoms with Crippen LogP contribution in [0, 0.1) is 5.82 Å². The van der Waals surface area contributed by atoms with E-state index in [1.54, 1.807) is 30.5 Å². The smallest absolute Gasteiger partial charge is 0.343 e. The number of amides is 1. The third kappa shape index (κ3) is 6.82. The van der Waals surface area contributed by atoms with Crippen LogP contribution < -0.4 is 26.0 Å². The minimum atomic E-state index is -0.738. The van der Waals surface area contributed by atoms with Crippen LogP contribution in [0.2, 0.25) is 0 Å². The summed E-state index contributed by atoms with van der Waals surface area (Å²) < 4.78 is 28.8. The molecule has 5 rings (SSSR count). The number of ether oxygens (including phenoxy) is 2. The SMILES string of the molecule is C=CC(=O)Nc1cc(Nc2ncc(C(=O)OC(C)C)c(-n3c(=O)n4c5c(cc(F)cc53)CCC4)n2)c(OC)cc1N(C)CCN(C)C. The second-order valence-electron chi connectivity index (χ2n) is 11.8. The molecule has 0 atom stereocenters. The molecule has 0 saturated carbocycles. The molecule has 0 saturated heterocycles. The zero-order valence-electron chi connectivity index (χ0n) is 27.4. The Kier molecular flexibility index (Phi) is 9.61. The Hall–Kier alpha value is -5.24. The summed E-state index contributed by atoms with van der Waals surface area (Å²) in [4.78, 5) is 52.5. The van der Waals surface area contributed by atoms with Gasteiger partial charge in [-0.2, -0.15) is 4.98 Å². The van der Waals surface area contributed by atoms with Crippen molar-refractivity contribution in [3.63, 3.8) is 0 Å². The molecule has 2 aromatic carbocycles. The van der Waals surface area contributed by atoms with Crippen LogP contribution in [-0.2, 0) is 22.5 Å². The van der Waals surface area contributed by atoms with Crippen LogP contribution in [0.15, 0.2) is 47.9 Å². The quantitative estimate of drug-likeness (QED) is 0.171. The lowest BCUT2D eigenvalue weighted by atomic mass is 10.0. The first-order chi connectivity index (χ1) is 22.4. The van der Waals surface area contributed by atoms with E-state index in [1.807, 2.05) is 30.9 Å². The Morgan fingerprint density at radius 2 is 1.91 bits per heavy atom. The maximum Gasteiger partial charge on any atom is 0.343 e. The number of imidazole rings is 1. The van der Waals surface area contributed by atoms with Gasteiger partial charge in [-0.15, -0.1) is 0 Å². The highest BCUT2D eigenvalue weighted by atomic mass is 19.1. The summed E-state index contributed by atoms with van der Waals surface area (Å²) in [5, 5.41) is 5.96. The molecule has 2 N–H and O–H groups in total. The normalized spacial score (nSPS) is 12.4. The van der Waals surface area contributed by atoms with Crippen LogP contribution in [-0.4, -0.2) is 83.3 Å². The van der Waals surface area contributed by atoms with Crippen molar-refractivity contribution >= 4 is 45.9 Å². The lowest BCUT2D eigenvalue weighted by molar-refractivity contribution is -0.111. The number of methoxy groups -OCH3 is 1. The van der Waals surface area contributed by atoms with Crippen molar-refractivity contribution in [1.82, 2.24) is 24.0 Å². The molecule has 0 aliphatic carbocycles. The van der Waals surface area contributed by atoms with E-state index in [-0.39, 0.29) is 22.8 Å². The third-order valence-corrected chi connectivity index (χ3v) is 7.74. The summed E-state index contributed by atoms with van der Waals surface area (Å²) in [5.41, 5.74) is 2.60. The fourth-order valence-electron chi connectivity index (χ4n) is 5.52. The molecule has 1 aliphatic heterocycles. The molecular weight excluding hydrogens is 607 g/mol. The molecule has 0 bridgehead atoms. The Bertz CT molecular complexity index is 1920. The molecule has 13 nitrogen and oxygen atoms in total. The molecule has 14 heteroatoms. The highest BCUT2D eigenvalue weighted by Crippen LogP contribution is 2.38. The van der Waals surface area contributed by atoms with Crippen LogP contribution in [0.25, 0.3) is 16.9 Å². The zero-order chi connectivity index (χ0) is 34.0. The molecule has 0 fully saturated rings. The average molecular weight is 647 g/mol. The maximum absolute atomic E-state index is 14.8. The largest absolute Gasteiger partial charge is 0.494 e. The second-order valence-corrected chi connectivity index (χ2v) is 11.8. The number of hydrogen-bond donors (Lipinski definition) is 2. The number of carbonyl (C=O) groups excluding carboxylic acids is 2. The van der Waals surface area contributed by atoms with Crippen molar-refractivity contribution in [3.8, 4) is 11.6 Å². The molecule has 47 heavy (non-hydrogen) atoms. The molecule has 1 amide bonds. The number of carbonyl (C=O) groups is 2. The number of nitrogens with zero attached hydrogens (tertiary/aromatic N) is 6. The number of hydrogen-bond acceptors (Lipinski definition) is 10. The van der Waals surface area contributed by atoms with Crippen molar-refractivity contribution < 1.29 is 23.5 Å². The minimum absolute atomic E-state index is 0.00778. The van der Waals surface area contributed by atoms with E-state index in [4.69, 9.17) is 9.47 Å². The van der Waals surface area contributed by atoms with Gasteiger partial charge in [-0.25, -0.2) is 23.5 Å². The van der Waals surface area contributed by atoms with Crippen LogP contribution in [0.1, 0.15) is 36.2 Å². The third-order valence-electron chi connectivity index (χ3n) is 7.74. The van der Waals surface area contributed by atoms with Gasteiger partial charge in [-0.05, 0) is 64.6 Å². The van der Waals surface area contributed by atoms with Crippen LogP contribution in [0.3, 0.4) is 0 Å². The number of anilines is 4. The highest BCUT2D eigenvalue weighted by Gasteiger charge is 2.27. The van der Waals surface area contributed by atoms with E-state index in [2.05, 4.69) is 27.2 Å². The number of halogens is 1. The highest BCUT2D eigenvalue weighted by molar-refractivity contribution is 6.02. The van der Waals surface area contributed by atoms with Crippen molar-refractivity contribution in [1.29, 1.82) is 0 Å². The molecule has 1 aliphatic rings. The van der Waals surface area contributed by atoms with Gasteiger partial charge in [0.15, 0.2) is 5.82 Å². The fraction of sp³-hybridized carbons (Fsp3) is 0.364. The van der Waals surface area contributed by atoms with Gasteiger partial charge in [-0.1, -0.05) is 6.58 Å². The standard InChI is InChI=1S/C33H39FN8O5/c1-8-28(43)36-23-16-24(27(46-7)17-25(23)40(6)13-12-39(4)5)37-32-35-18-22(31(44)47-19(2)3)30(38-32)42-26-15-21(34)14-20-10-9-11-41(29(20)26)33(42)45/h8,14-19H,1,9-13H2,2-7H3,(H,36,43)(H,35,37,38). The monoisotopic (exact) mass is 646 g/mol. The predicted octanol–water partition coefficient (Wildman–Crippen LogP) is 4.11. The van der Waals surface area contributed by atoms with E-state index in [9.17, 15) is 18.8 Å². The fourth-order valence-corrected chi connectivity index (χ4v) is 5.52. The molecule has 4 aromatic rings. The van der Waals surface area contributed by atoms with Crippen LogP contribution in [0.4, 0.5) is 27.4 Å². The molecule has 248 valence electrons. The van der Waals surface area contributed by atoms with Crippen LogP contribution >= 0.6 is 0 Å². The summed E-state index contributed by atoms with van der Waals surface area (Å²) in [6.45, 7) is 8.82. The number of aryl methyl sites for hydroxylation is 2. The van der Waals surface area contributed by atoms with Gasteiger partial charge in [0, 0.05) is 45.0 Å². The first kappa shape index (κ1) is 33.1. The topological polar surface area (TPSA) is 136 Å². The summed E-state index contributed by atoms with van der Waals surface area (Å²) >= 11 is 0. The summed E-state index contributed by atoms with van der Waals surface area (Å²) in [5.74, 6) is -1.30. The predicted molar refractivity (Wildman–Crippen MR) is 179 cm³/mol. The van der Waals surface area contributed by atoms with E-state index in [1.165, 1.54) is 36.1 Å². The molecule has 0 spiro atoms. The van der Waals surface area contributed by atoms with Crippen LogP contribution in [0.5, 0.6) is 5.75 Å². The van der Waals surface area contributed by atoms with Gasteiger partial charge in [-0.3, -0.25) is 9.36 Å². The maximum atomic E-state index is 14.8. The molecule has 2 aromatic heterocycles. The molecule has 3 heterocycles. The lowest BCUT2D eigenvalue weighted by Crippen LogP contribution is -2.29. The van der Waals surface area contributed by atoms with Gasteiger partial charge in [0.2, 0.25) is 11.9 Å². The number of likely N-dealkylation sites (N-methyl/N-ethyl adjacent to an activating group) is 2. The first-order valence-corrected chi connectivity index (χ1v) is 15.2. The van der Waals surface area contributed by atoms with Crippen molar-refractivity contribution in [2.75, 3.05) is 56.9 Å². The van der Waals surface area contributed by atoms with Gasteiger partial charge in [0.1, 0.15) is 17.1 Å². The number of aromatic nitrogens is 4. The van der Waals surface area contributed by atoms with E-state index in [0.29, 0.717) is 59.8 Å². The van der Waals surface area contributed by atoms with Gasteiger partial charge in [0.25, 0.3) is 0 Å². The van der Waals surface area contributed by atoms with E-state index < -0.39 is 29.5 Å². The van der Waals surface area contributed by atoms with E-state index >= 15 is 0 Å². The number of esters is 1. The molecular formula is C33H39FN8O5. The number of benzene rings is 2.